The largest absolute Gasteiger partial charge is 0.397 e. The number of sulfonamides is 1. The van der Waals surface area contributed by atoms with Gasteiger partial charge in [0.25, 0.3) is 0 Å². The van der Waals surface area contributed by atoms with Gasteiger partial charge in [-0.15, -0.1) is 0 Å². The van der Waals surface area contributed by atoms with Gasteiger partial charge in [0.05, 0.1) is 28.8 Å². The maximum absolute atomic E-state index is 12.3. The van der Waals surface area contributed by atoms with E-state index in [0.29, 0.717) is 36.9 Å². The van der Waals surface area contributed by atoms with Crippen molar-refractivity contribution in [2.45, 2.75) is 11.8 Å². The third kappa shape index (κ3) is 4.31. The Hall–Kier alpha value is -0.860. The molecule has 0 amide bonds. The van der Waals surface area contributed by atoms with E-state index in [9.17, 15) is 8.42 Å². The molecule has 118 valence electrons. The van der Waals surface area contributed by atoms with Crippen LogP contribution in [0, 0.1) is 6.92 Å². The molecule has 1 saturated heterocycles. The molecule has 1 fully saturated rings. The lowest BCUT2D eigenvalue weighted by molar-refractivity contribution is 0.0390. The van der Waals surface area contributed by atoms with Gasteiger partial charge in [0.2, 0.25) is 10.0 Å². The van der Waals surface area contributed by atoms with E-state index < -0.39 is 10.0 Å². The summed E-state index contributed by atoms with van der Waals surface area (Å²) in [6.07, 6.45) is 0. The summed E-state index contributed by atoms with van der Waals surface area (Å²) in [5, 5.41) is 0.361. The van der Waals surface area contributed by atoms with Crippen molar-refractivity contribution in [2.75, 3.05) is 45.1 Å². The minimum atomic E-state index is -3.58. The predicted octanol–water partition coefficient (Wildman–Crippen LogP) is 0.841. The summed E-state index contributed by atoms with van der Waals surface area (Å²) in [5.74, 6) is 0. The number of hydrogen-bond donors (Lipinski definition) is 2. The van der Waals surface area contributed by atoms with Gasteiger partial charge in [0.15, 0.2) is 0 Å². The summed E-state index contributed by atoms with van der Waals surface area (Å²) in [5.41, 5.74) is 6.52. The zero-order valence-electron chi connectivity index (χ0n) is 11.9. The van der Waals surface area contributed by atoms with Crippen molar-refractivity contribution in [3.8, 4) is 0 Å². The number of halogens is 1. The number of anilines is 1. The molecule has 8 heteroatoms. The van der Waals surface area contributed by atoms with E-state index in [1.807, 2.05) is 0 Å². The van der Waals surface area contributed by atoms with Gasteiger partial charge >= 0.3 is 0 Å². The van der Waals surface area contributed by atoms with Crippen LogP contribution in [0.25, 0.3) is 0 Å². The number of nitrogen functional groups attached to an aromatic ring is 1. The van der Waals surface area contributed by atoms with Crippen LogP contribution in [0.1, 0.15) is 5.56 Å². The second-order valence-electron chi connectivity index (χ2n) is 4.99. The summed E-state index contributed by atoms with van der Waals surface area (Å²) in [7, 11) is -3.58. The Balaban J connectivity index is 1.99. The lowest BCUT2D eigenvalue weighted by Crippen LogP contribution is -2.41. The minimum Gasteiger partial charge on any atom is -0.397 e. The Morgan fingerprint density at radius 3 is 2.71 bits per heavy atom. The van der Waals surface area contributed by atoms with Crippen molar-refractivity contribution in [2.24, 2.45) is 0 Å². The highest BCUT2D eigenvalue weighted by Crippen LogP contribution is 2.25. The Kier molecular flexibility index (Phi) is 5.45. The number of hydrogen-bond acceptors (Lipinski definition) is 5. The molecule has 0 bridgehead atoms. The predicted molar refractivity (Wildman–Crippen MR) is 83.0 cm³/mol. The number of ether oxygens (including phenoxy) is 1. The van der Waals surface area contributed by atoms with Crippen molar-refractivity contribution in [3.05, 3.63) is 22.7 Å². The SMILES string of the molecule is Cc1cc(Cl)c(N)cc1S(=O)(=O)NCCN1CCOCC1. The van der Waals surface area contributed by atoms with Crippen molar-refractivity contribution in [1.82, 2.24) is 9.62 Å². The van der Waals surface area contributed by atoms with Gasteiger partial charge < -0.3 is 10.5 Å². The highest BCUT2D eigenvalue weighted by molar-refractivity contribution is 7.89. The molecule has 1 aliphatic rings. The maximum atomic E-state index is 12.3. The second kappa shape index (κ2) is 6.93. The molecule has 6 nitrogen and oxygen atoms in total. The second-order valence-corrected chi connectivity index (χ2v) is 7.13. The molecule has 1 aromatic carbocycles. The fraction of sp³-hybridized carbons (Fsp3) is 0.538. The topological polar surface area (TPSA) is 84.7 Å². The lowest BCUT2D eigenvalue weighted by Gasteiger charge is -2.26. The van der Waals surface area contributed by atoms with E-state index in [1.54, 1.807) is 13.0 Å². The van der Waals surface area contributed by atoms with E-state index in [0.717, 1.165) is 13.1 Å². The van der Waals surface area contributed by atoms with Crippen molar-refractivity contribution in [3.63, 3.8) is 0 Å². The van der Waals surface area contributed by atoms with E-state index in [1.165, 1.54) is 6.07 Å². The summed E-state index contributed by atoms with van der Waals surface area (Å²) in [4.78, 5) is 2.33. The maximum Gasteiger partial charge on any atom is 0.240 e. The number of rotatable bonds is 5. The van der Waals surface area contributed by atoms with Gasteiger partial charge in [-0.3, -0.25) is 4.90 Å². The van der Waals surface area contributed by atoms with Crippen LogP contribution in [0.5, 0.6) is 0 Å². The summed E-state index contributed by atoms with van der Waals surface area (Å²) in [6, 6.07) is 2.96. The minimum absolute atomic E-state index is 0.173. The van der Waals surface area contributed by atoms with Crippen molar-refractivity contribution in [1.29, 1.82) is 0 Å². The quantitative estimate of drug-likeness (QED) is 0.780. The molecule has 0 atom stereocenters. The normalized spacial score (nSPS) is 17.0. The molecule has 3 N–H and O–H groups in total. The lowest BCUT2D eigenvalue weighted by atomic mass is 10.2. The van der Waals surface area contributed by atoms with Crippen LogP contribution < -0.4 is 10.5 Å². The van der Waals surface area contributed by atoms with Gasteiger partial charge in [-0.05, 0) is 24.6 Å². The molecule has 21 heavy (non-hydrogen) atoms. The van der Waals surface area contributed by atoms with Gasteiger partial charge in [-0.25, -0.2) is 13.1 Å². The van der Waals surface area contributed by atoms with Gasteiger partial charge in [-0.1, -0.05) is 11.6 Å². The van der Waals surface area contributed by atoms with Crippen molar-refractivity contribution < 1.29 is 13.2 Å². The van der Waals surface area contributed by atoms with Crippen LogP contribution in [-0.4, -0.2) is 52.7 Å². The first-order valence-corrected chi connectivity index (χ1v) is 8.61. The molecule has 1 aromatic rings. The van der Waals surface area contributed by atoms with E-state index >= 15 is 0 Å². The van der Waals surface area contributed by atoms with Crippen LogP contribution in [0.15, 0.2) is 17.0 Å². The number of morpholine rings is 1. The van der Waals surface area contributed by atoms with Gasteiger partial charge in [-0.2, -0.15) is 0 Å². The van der Waals surface area contributed by atoms with Gasteiger partial charge in [0, 0.05) is 26.2 Å². The fourth-order valence-electron chi connectivity index (χ4n) is 2.20. The van der Waals surface area contributed by atoms with Crippen molar-refractivity contribution >= 4 is 27.3 Å². The van der Waals surface area contributed by atoms with Crippen LogP contribution in [0.2, 0.25) is 5.02 Å². The zero-order chi connectivity index (χ0) is 15.5. The number of nitrogens with zero attached hydrogens (tertiary/aromatic N) is 1. The molecule has 0 saturated carbocycles. The average Bonchev–Trinajstić information content (AvgIpc) is 2.43. The summed E-state index contributed by atoms with van der Waals surface area (Å²) >= 11 is 5.88. The third-order valence-corrected chi connectivity index (χ3v) is 5.34. The molecular weight excluding hydrogens is 314 g/mol. The molecular formula is C13H20ClN3O3S. The monoisotopic (exact) mass is 333 g/mol. The van der Waals surface area contributed by atoms with E-state index in [2.05, 4.69) is 9.62 Å². The Labute approximate surface area is 130 Å². The van der Waals surface area contributed by atoms with Crippen LogP contribution in [0.3, 0.4) is 0 Å². The van der Waals surface area contributed by atoms with Crippen LogP contribution in [-0.2, 0) is 14.8 Å². The molecule has 0 aliphatic carbocycles. The average molecular weight is 334 g/mol. The molecule has 0 radical (unpaired) electrons. The molecule has 0 spiro atoms. The first-order chi connectivity index (χ1) is 9.90. The van der Waals surface area contributed by atoms with E-state index in [4.69, 9.17) is 22.1 Å². The standard InChI is InChI=1S/C13H20ClN3O3S/c1-10-8-11(14)12(15)9-13(10)21(18,19)16-2-3-17-4-6-20-7-5-17/h8-9,16H,2-7,15H2,1H3. The summed E-state index contributed by atoms with van der Waals surface area (Å²) < 4.78 is 32.5. The Morgan fingerprint density at radius 1 is 1.38 bits per heavy atom. The van der Waals surface area contributed by atoms with Crippen LogP contribution >= 0.6 is 11.6 Å². The highest BCUT2D eigenvalue weighted by Gasteiger charge is 2.19. The third-order valence-electron chi connectivity index (χ3n) is 3.41. The van der Waals surface area contributed by atoms with Gasteiger partial charge in [0.1, 0.15) is 0 Å². The fourth-order valence-corrected chi connectivity index (χ4v) is 3.70. The number of nitrogens with one attached hydrogen (secondary N) is 1. The first-order valence-electron chi connectivity index (χ1n) is 6.75. The Morgan fingerprint density at radius 2 is 2.05 bits per heavy atom. The molecule has 0 aromatic heterocycles. The smallest absolute Gasteiger partial charge is 0.240 e. The first kappa shape index (κ1) is 16.5. The zero-order valence-corrected chi connectivity index (χ0v) is 13.5. The highest BCUT2D eigenvalue weighted by atomic mass is 35.5. The number of aryl methyl sites for hydroxylation is 1. The molecule has 0 unspecified atom stereocenters. The number of benzene rings is 1. The Bertz CT molecular complexity index is 601. The molecule has 1 aliphatic heterocycles. The summed E-state index contributed by atoms with van der Waals surface area (Å²) in [6.45, 7) is 5.75. The van der Waals surface area contributed by atoms with E-state index in [-0.39, 0.29) is 10.6 Å². The van der Waals surface area contributed by atoms with Crippen LogP contribution in [0.4, 0.5) is 5.69 Å². The molecule has 2 rings (SSSR count). The molecule has 1 heterocycles. The number of nitrogens with two attached hydrogens (primary N) is 1.